The van der Waals surface area contributed by atoms with E-state index >= 15 is 0 Å². The van der Waals surface area contributed by atoms with Gasteiger partial charge in [0, 0.05) is 17.0 Å². The summed E-state index contributed by atoms with van der Waals surface area (Å²) in [4.78, 5) is 23.0. The molecule has 0 radical (unpaired) electrons. The smallest absolute Gasteiger partial charge is 0.398 e. The molecule has 1 unspecified atom stereocenters. The van der Waals surface area contributed by atoms with E-state index in [9.17, 15) is 22.8 Å². The van der Waals surface area contributed by atoms with Crippen molar-refractivity contribution in [3.63, 3.8) is 0 Å². The number of thioether (sulfide) groups is 1. The molecule has 1 heterocycles. The number of anilines is 1. The zero-order chi connectivity index (χ0) is 14.9. The van der Waals surface area contributed by atoms with Gasteiger partial charge in [-0.3, -0.25) is 14.9 Å². The summed E-state index contributed by atoms with van der Waals surface area (Å²) in [6.45, 7) is 0. The molecule has 1 atom stereocenters. The Labute approximate surface area is 116 Å². The van der Waals surface area contributed by atoms with Crippen LogP contribution in [0.3, 0.4) is 0 Å². The second kappa shape index (κ2) is 5.35. The molecule has 0 spiro atoms. The fourth-order valence-electron chi connectivity index (χ4n) is 1.77. The van der Waals surface area contributed by atoms with Gasteiger partial charge in [-0.25, -0.2) is 0 Å². The van der Waals surface area contributed by atoms with E-state index in [0.29, 0.717) is 11.3 Å². The average molecular weight is 304 g/mol. The molecule has 20 heavy (non-hydrogen) atoms. The second-order valence-corrected chi connectivity index (χ2v) is 5.55. The fourth-order valence-corrected chi connectivity index (χ4v) is 2.82. The van der Waals surface area contributed by atoms with Crippen LogP contribution >= 0.6 is 11.8 Å². The second-order valence-electron chi connectivity index (χ2n) is 4.31. The maximum Gasteiger partial charge on any atom is 0.416 e. The Hall–Kier alpha value is -1.70. The van der Waals surface area contributed by atoms with E-state index in [0.717, 1.165) is 23.9 Å². The molecule has 1 aliphatic rings. The average Bonchev–Trinajstić information content (AvgIpc) is 2.33. The summed E-state index contributed by atoms with van der Waals surface area (Å²) in [7, 11) is 0. The molecule has 1 aromatic carbocycles. The van der Waals surface area contributed by atoms with Gasteiger partial charge < -0.3 is 5.73 Å². The molecule has 1 aliphatic heterocycles. The highest BCUT2D eigenvalue weighted by molar-refractivity contribution is 8.00. The predicted octanol–water partition coefficient (Wildman–Crippen LogP) is 2.18. The highest BCUT2D eigenvalue weighted by atomic mass is 32.2. The molecule has 8 heteroatoms. The first-order valence-corrected chi connectivity index (χ1v) is 6.62. The van der Waals surface area contributed by atoms with Crippen molar-refractivity contribution in [2.24, 2.45) is 0 Å². The molecular weight excluding hydrogens is 293 g/mol. The van der Waals surface area contributed by atoms with Gasteiger partial charge in [-0.2, -0.15) is 13.2 Å². The van der Waals surface area contributed by atoms with Crippen LogP contribution in [0.4, 0.5) is 18.9 Å². The van der Waals surface area contributed by atoms with Crippen molar-refractivity contribution < 1.29 is 22.8 Å². The topological polar surface area (TPSA) is 72.2 Å². The van der Waals surface area contributed by atoms with Crippen LogP contribution in [0, 0.1) is 0 Å². The molecule has 4 nitrogen and oxygen atoms in total. The molecule has 1 aromatic rings. The third-order valence-corrected chi connectivity index (χ3v) is 4.15. The first-order valence-electron chi connectivity index (χ1n) is 5.74. The predicted molar refractivity (Wildman–Crippen MR) is 67.9 cm³/mol. The quantitative estimate of drug-likeness (QED) is 0.649. The SMILES string of the molecule is Nc1cc(C(F)(F)F)ccc1SC1CCC(=O)NC1=O. The fraction of sp³-hybridized carbons (Fsp3) is 0.333. The largest absolute Gasteiger partial charge is 0.416 e. The minimum atomic E-state index is -4.45. The lowest BCUT2D eigenvalue weighted by molar-refractivity contribution is -0.137. The number of carbonyl (C=O) groups is 2. The first-order chi connectivity index (χ1) is 9.27. The van der Waals surface area contributed by atoms with Gasteiger partial charge in [-0.1, -0.05) is 0 Å². The van der Waals surface area contributed by atoms with Gasteiger partial charge in [0.1, 0.15) is 0 Å². The number of nitrogens with two attached hydrogens (primary N) is 1. The maximum absolute atomic E-state index is 12.5. The Morgan fingerprint density at radius 3 is 2.55 bits per heavy atom. The van der Waals surface area contributed by atoms with Crippen LogP contribution in [0.25, 0.3) is 0 Å². The first kappa shape index (κ1) is 14.7. The summed E-state index contributed by atoms with van der Waals surface area (Å²) in [5.74, 6) is -0.780. The van der Waals surface area contributed by atoms with Crippen LogP contribution in [0.15, 0.2) is 23.1 Å². The molecule has 1 fully saturated rings. The summed E-state index contributed by atoms with van der Waals surface area (Å²) in [5.41, 5.74) is 4.72. The Kier molecular flexibility index (Phi) is 3.94. The molecule has 1 saturated heterocycles. The lowest BCUT2D eigenvalue weighted by Crippen LogP contribution is -2.42. The molecular formula is C12H11F3N2O2S. The summed E-state index contributed by atoms with van der Waals surface area (Å²) < 4.78 is 37.5. The number of carbonyl (C=O) groups excluding carboxylic acids is 2. The van der Waals surface area contributed by atoms with Crippen LogP contribution in [-0.4, -0.2) is 17.1 Å². The monoisotopic (exact) mass is 304 g/mol. The van der Waals surface area contributed by atoms with Crippen molar-refractivity contribution in [3.8, 4) is 0 Å². The third kappa shape index (κ3) is 3.24. The number of hydrogen-bond acceptors (Lipinski definition) is 4. The number of hydrogen-bond donors (Lipinski definition) is 2. The van der Waals surface area contributed by atoms with E-state index in [1.54, 1.807) is 0 Å². The standard InChI is InChI=1S/C12H11F3N2O2S/c13-12(14,15)6-1-2-8(7(16)5-6)20-9-3-4-10(18)17-11(9)19/h1-2,5,9H,3-4,16H2,(H,17,18,19). The van der Waals surface area contributed by atoms with Crippen LogP contribution in [0.5, 0.6) is 0 Å². The van der Waals surface area contributed by atoms with Crippen molar-refractivity contribution in [2.75, 3.05) is 5.73 Å². The Balaban J connectivity index is 2.14. The van der Waals surface area contributed by atoms with Crippen LogP contribution in [0.2, 0.25) is 0 Å². The van der Waals surface area contributed by atoms with E-state index < -0.39 is 22.9 Å². The van der Waals surface area contributed by atoms with Crippen molar-refractivity contribution >= 4 is 29.3 Å². The van der Waals surface area contributed by atoms with Crippen LogP contribution in [0.1, 0.15) is 18.4 Å². The van der Waals surface area contributed by atoms with Crippen LogP contribution < -0.4 is 11.1 Å². The Bertz CT molecular complexity index is 560. The number of nitrogens with one attached hydrogen (secondary N) is 1. The highest BCUT2D eigenvalue weighted by Gasteiger charge is 2.32. The van der Waals surface area contributed by atoms with Crippen molar-refractivity contribution in [3.05, 3.63) is 23.8 Å². The number of nitrogen functional groups attached to an aromatic ring is 1. The number of amides is 2. The number of halogens is 3. The molecule has 0 aliphatic carbocycles. The lowest BCUT2D eigenvalue weighted by atomic mass is 10.1. The zero-order valence-electron chi connectivity index (χ0n) is 10.2. The minimum absolute atomic E-state index is 0.0328. The van der Waals surface area contributed by atoms with E-state index in [1.807, 2.05) is 0 Å². The molecule has 2 amide bonds. The van der Waals surface area contributed by atoms with E-state index in [1.165, 1.54) is 6.07 Å². The summed E-state index contributed by atoms with van der Waals surface area (Å²) in [6.07, 6.45) is -3.90. The number of imide groups is 1. The maximum atomic E-state index is 12.5. The highest BCUT2D eigenvalue weighted by Crippen LogP contribution is 2.36. The van der Waals surface area contributed by atoms with Crippen LogP contribution in [-0.2, 0) is 15.8 Å². The minimum Gasteiger partial charge on any atom is -0.398 e. The van der Waals surface area contributed by atoms with Crippen molar-refractivity contribution in [1.82, 2.24) is 5.32 Å². The van der Waals surface area contributed by atoms with Gasteiger partial charge in [-0.05, 0) is 24.6 Å². The van der Waals surface area contributed by atoms with Gasteiger partial charge >= 0.3 is 6.18 Å². The number of piperidine rings is 1. The third-order valence-electron chi connectivity index (χ3n) is 2.79. The summed E-state index contributed by atoms with van der Waals surface area (Å²) in [5, 5.41) is 1.66. The van der Waals surface area contributed by atoms with E-state index in [2.05, 4.69) is 5.32 Å². The molecule has 0 bridgehead atoms. The zero-order valence-corrected chi connectivity index (χ0v) is 11.0. The van der Waals surface area contributed by atoms with Gasteiger partial charge in [0.15, 0.2) is 0 Å². The number of benzene rings is 1. The molecule has 0 saturated carbocycles. The van der Waals surface area contributed by atoms with Gasteiger partial charge in [0.2, 0.25) is 11.8 Å². The van der Waals surface area contributed by atoms with Crippen molar-refractivity contribution in [1.29, 1.82) is 0 Å². The molecule has 108 valence electrons. The number of alkyl halides is 3. The summed E-state index contributed by atoms with van der Waals surface area (Å²) >= 11 is 1.06. The number of rotatable bonds is 2. The molecule has 0 aromatic heterocycles. The van der Waals surface area contributed by atoms with E-state index in [-0.39, 0.29) is 18.0 Å². The summed E-state index contributed by atoms with van der Waals surface area (Å²) in [6, 6.07) is 3.01. The molecule has 3 N–H and O–H groups in total. The Morgan fingerprint density at radius 1 is 1.30 bits per heavy atom. The normalized spacial score (nSPS) is 19.9. The van der Waals surface area contributed by atoms with Crippen molar-refractivity contribution in [2.45, 2.75) is 29.2 Å². The molecule has 2 rings (SSSR count). The van der Waals surface area contributed by atoms with Gasteiger partial charge in [-0.15, -0.1) is 11.8 Å². The van der Waals surface area contributed by atoms with Gasteiger partial charge in [0.25, 0.3) is 0 Å². The lowest BCUT2D eigenvalue weighted by Gasteiger charge is -2.21. The van der Waals surface area contributed by atoms with E-state index in [4.69, 9.17) is 5.73 Å². The Morgan fingerprint density at radius 2 is 2.00 bits per heavy atom. The van der Waals surface area contributed by atoms with Gasteiger partial charge in [0.05, 0.1) is 10.8 Å².